The SMILES string of the molecule is C[C@H](NCC1OCCc2ccccc21)C1CCCCCC1. The van der Waals surface area contributed by atoms with Crippen LogP contribution in [0.25, 0.3) is 0 Å². The van der Waals surface area contributed by atoms with Crippen molar-refractivity contribution in [2.45, 2.75) is 64.0 Å². The van der Waals surface area contributed by atoms with Crippen LogP contribution in [0.2, 0.25) is 0 Å². The maximum atomic E-state index is 6.00. The molecule has 2 nitrogen and oxygen atoms in total. The van der Waals surface area contributed by atoms with Crippen LogP contribution in [0.1, 0.15) is 62.7 Å². The van der Waals surface area contributed by atoms with E-state index in [-0.39, 0.29) is 6.10 Å². The van der Waals surface area contributed by atoms with Gasteiger partial charge in [0, 0.05) is 12.6 Å². The molecule has 116 valence electrons. The minimum absolute atomic E-state index is 0.239. The molecule has 1 aromatic carbocycles. The van der Waals surface area contributed by atoms with E-state index in [2.05, 4.69) is 36.5 Å². The van der Waals surface area contributed by atoms with Gasteiger partial charge in [-0.2, -0.15) is 0 Å². The minimum atomic E-state index is 0.239. The van der Waals surface area contributed by atoms with E-state index < -0.39 is 0 Å². The summed E-state index contributed by atoms with van der Waals surface area (Å²) in [6, 6.07) is 9.37. The zero-order chi connectivity index (χ0) is 14.5. The molecule has 1 N–H and O–H groups in total. The zero-order valence-electron chi connectivity index (χ0n) is 13.3. The van der Waals surface area contributed by atoms with Crippen molar-refractivity contribution in [3.63, 3.8) is 0 Å². The number of nitrogens with one attached hydrogen (secondary N) is 1. The molecule has 1 aliphatic heterocycles. The molecule has 1 heterocycles. The molecule has 2 aliphatic rings. The Bertz CT molecular complexity index is 437. The van der Waals surface area contributed by atoms with E-state index in [1.165, 1.54) is 49.7 Å². The van der Waals surface area contributed by atoms with E-state index in [1.807, 2.05) is 0 Å². The normalized spacial score (nSPS) is 25.1. The molecule has 21 heavy (non-hydrogen) atoms. The van der Waals surface area contributed by atoms with E-state index in [0.717, 1.165) is 25.5 Å². The third-order valence-corrected chi connectivity index (χ3v) is 5.32. The van der Waals surface area contributed by atoms with Crippen LogP contribution in [0, 0.1) is 5.92 Å². The molecule has 1 unspecified atom stereocenters. The fourth-order valence-corrected chi connectivity index (χ4v) is 3.92. The van der Waals surface area contributed by atoms with Crippen LogP contribution in [-0.4, -0.2) is 19.2 Å². The van der Waals surface area contributed by atoms with Crippen molar-refractivity contribution in [2.75, 3.05) is 13.2 Å². The highest BCUT2D eigenvalue weighted by molar-refractivity contribution is 5.31. The maximum Gasteiger partial charge on any atom is 0.0952 e. The van der Waals surface area contributed by atoms with Crippen LogP contribution in [0.5, 0.6) is 0 Å². The van der Waals surface area contributed by atoms with Crippen LogP contribution in [-0.2, 0) is 11.2 Å². The maximum absolute atomic E-state index is 6.00. The molecule has 0 aromatic heterocycles. The second-order valence-corrected chi connectivity index (χ2v) is 6.76. The lowest BCUT2D eigenvalue weighted by atomic mass is 9.92. The second-order valence-electron chi connectivity index (χ2n) is 6.76. The van der Waals surface area contributed by atoms with E-state index in [0.29, 0.717) is 6.04 Å². The lowest BCUT2D eigenvalue weighted by molar-refractivity contribution is 0.0394. The summed E-state index contributed by atoms with van der Waals surface area (Å²) in [5.74, 6) is 0.853. The number of ether oxygens (including phenoxy) is 1. The summed E-state index contributed by atoms with van der Waals surface area (Å²) >= 11 is 0. The fourth-order valence-electron chi connectivity index (χ4n) is 3.92. The van der Waals surface area contributed by atoms with Crippen LogP contribution < -0.4 is 5.32 Å². The Kier molecular flexibility index (Phi) is 5.32. The van der Waals surface area contributed by atoms with Crippen LogP contribution in [0.4, 0.5) is 0 Å². The molecule has 0 amide bonds. The number of hydrogen-bond acceptors (Lipinski definition) is 2. The molecule has 1 aliphatic carbocycles. The monoisotopic (exact) mass is 287 g/mol. The Balaban J connectivity index is 1.55. The van der Waals surface area contributed by atoms with E-state index in [4.69, 9.17) is 4.74 Å². The van der Waals surface area contributed by atoms with Gasteiger partial charge in [0.15, 0.2) is 0 Å². The van der Waals surface area contributed by atoms with Crippen LogP contribution in [0.3, 0.4) is 0 Å². The Labute approximate surface area is 129 Å². The molecule has 1 fully saturated rings. The average molecular weight is 287 g/mol. The lowest BCUT2D eigenvalue weighted by Gasteiger charge is -2.30. The molecule has 1 aromatic rings. The predicted molar refractivity (Wildman–Crippen MR) is 87.5 cm³/mol. The molecule has 0 saturated heterocycles. The molecular weight excluding hydrogens is 258 g/mol. The van der Waals surface area contributed by atoms with Crippen LogP contribution >= 0.6 is 0 Å². The van der Waals surface area contributed by atoms with Crippen molar-refractivity contribution >= 4 is 0 Å². The first-order valence-corrected chi connectivity index (χ1v) is 8.77. The van der Waals surface area contributed by atoms with Gasteiger partial charge in [-0.15, -0.1) is 0 Å². The summed E-state index contributed by atoms with van der Waals surface area (Å²) in [5.41, 5.74) is 2.86. The van der Waals surface area contributed by atoms with Gasteiger partial charge in [-0.05, 0) is 43.2 Å². The van der Waals surface area contributed by atoms with Crippen molar-refractivity contribution in [1.29, 1.82) is 0 Å². The highest BCUT2D eigenvalue weighted by Crippen LogP contribution is 2.28. The number of rotatable bonds is 4. The Morgan fingerprint density at radius 3 is 2.71 bits per heavy atom. The van der Waals surface area contributed by atoms with Gasteiger partial charge >= 0.3 is 0 Å². The predicted octanol–water partition coefficient (Wildman–Crippen LogP) is 4.25. The lowest BCUT2D eigenvalue weighted by Crippen LogP contribution is -2.37. The van der Waals surface area contributed by atoms with E-state index in [1.54, 1.807) is 0 Å². The van der Waals surface area contributed by atoms with Crippen molar-refractivity contribution < 1.29 is 4.74 Å². The molecular formula is C19H29NO. The quantitative estimate of drug-likeness (QED) is 0.836. The average Bonchev–Trinajstić information content (AvgIpc) is 2.82. The second kappa shape index (κ2) is 7.42. The van der Waals surface area contributed by atoms with Gasteiger partial charge in [-0.3, -0.25) is 0 Å². The van der Waals surface area contributed by atoms with Gasteiger partial charge in [-0.25, -0.2) is 0 Å². The number of fused-ring (bicyclic) bond motifs is 1. The zero-order valence-corrected chi connectivity index (χ0v) is 13.3. The topological polar surface area (TPSA) is 21.3 Å². The van der Waals surface area contributed by atoms with Crippen molar-refractivity contribution in [3.8, 4) is 0 Å². The summed E-state index contributed by atoms with van der Waals surface area (Å²) in [4.78, 5) is 0. The molecule has 0 spiro atoms. The summed E-state index contributed by atoms with van der Waals surface area (Å²) in [7, 11) is 0. The van der Waals surface area contributed by atoms with Gasteiger partial charge in [0.1, 0.15) is 0 Å². The molecule has 3 rings (SSSR count). The van der Waals surface area contributed by atoms with E-state index >= 15 is 0 Å². The summed E-state index contributed by atoms with van der Waals surface area (Å²) in [6.45, 7) is 4.18. The highest BCUT2D eigenvalue weighted by atomic mass is 16.5. The third kappa shape index (κ3) is 3.87. The van der Waals surface area contributed by atoms with E-state index in [9.17, 15) is 0 Å². The first-order valence-electron chi connectivity index (χ1n) is 8.77. The first-order chi connectivity index (χ1) is 10.3. The Morgan fingerprint density at radius 1 is 1.14 bits per heavy atom. The first kappa shape index (κ1) is 15.1. The third-order valence-electron chi connectivity index (χ3n) is 5.32. The summed E-state index contributed by atoms with van der Waals surface area (Å²) in [6.07, 6.45) is 9.80. The molecule has 0 radical (unpaired) electrons. The molecule has 2 atom stereocenters. The smallest absolute Gasteiger partial charge is 0.0952 e. The Hall–Kier alpha value is -0.860. The summed E-state index contributed by atoms with van der Waals surface area (Å²) < 4.78 is 6.00. The largest absolute Gasteiger partial charge is 0.372 e. The highest BCUT2D eigenvalue weighted by Gasteiger charge is 2.23. The number of hydrogen-bond donors (Lipinski definition) is 1. The van der Waals surface area contributed by atoms with Crippen molar-refractivity contribution in [2.24, 2.45) is 5.92 Å². The summed E-state index contributed by atoms with van der Waals surface area (Å²) in [5, 5.41) is 3.77. The van der Waals surface area contributed by atoms with Gasteiger partial charge in [-0.1, -0.05) is 49.9 Å². The van der Waals surface area contributed by atoms with Gasteiger partial charge in [0.05, 0.1) is 12.7 Å². The fraction of sp³-hybridized carbons (Fsp3) is 0.684. The molecule has 2 heteroatoms. The van der Waals surface area contributed by atoms with Crippen LogP contribution in [0.15, 0.2) is 24.3 Å². The standard InChI is InChI=1S/C19H29NO/c1-15(16-8-4-2-3-5-9-16)20-14-19-18-11-7-6-10-17(18)12-13-21-19/h6-7,10-11,15-16,19-20H,2-5,8-9,12-14H2,1H3/t15-,19?/m0/s1. The minimum Gasteiger partial charge on any atom is -0.372 e. The number of benzene rings is 1. The van der Waals surface area contributed by atoms with Gasteiger partial charge < -0.3 is 10.1 Å². The van der Waals surface area contributed by atoms with Gasteiger partial charge in [0.25, 0.3) is 0 Å². The van der Waals surface area contributed by atoms with Gasteiger partial charge in [0.2, 0.25) is 0 Å². The van der Waals surface area contributed by atoms with Crippen molar-refractivity contribution in [3.05, 3.63) is 35.4 Å². The molecule has 0 bridgehead atoms. The molecule has 1 saturated carbocycles. The Morgan fingerprint density at radius 2 is 1.90 bits per heavy atom. The van der Waals surface area contributed by atoms with Crippen molar-refractivity contribution in [1.82, 2.24) is 5.32 Å².